The van der Waals surface area contributed by atoms with Gasteiger partial charge in [0.2, 0.25) is 0 Å². The third-order valence-corrected chi connectivity index (χ3v) is 4.75. The zero-order valence-corrected chi connectivity index (χ0v) is 15.7. The maximum atomic E-state index is 12.9. The van der Waals surface area contributed by atoms with Crippen LogP contribution < -0.4 is 10.6 Å². The topological polar surface area (TPSA) is 39.7 Å². The molecule has 1 aromatic rings. The van der Waals surface area contributed by atoms with Crippen LogP contribution in [0, 0.1) is 11.7 Å². The normalized spacial score (nSPS) is 16.8. The Morgan fingerprint density at radius 2 is 1.88 bits per heavy atom. The molecule has 0 unspecified atom stereocenters. The van der Waals surface area contributed by atoms with E-state index in [2.05, 4.69) is 34.4 Å². The number of likely N-dealkylation sites (tertiary alicyclic amines) is 1. The quantitative estimate of drug-likeness (QED) is 0.430. The molecule has 0 bridgehead atoms. The number of nitrogens with zero attached hydrogens (tertiary/aromatic N) is 2. The Morgan fingerprint density at radius 3 is 2.56 bits per heavy atom. The Kier molecular flexibility index (Phi) is 8.73. The van der Waals surface area contributed by atoms with E-state index >= 15 is 0 Å². The van der Waals surface area contributed by atoms with Crippen LogP contribution in [0.3, 0.4) is 0 Å². The van der Waals surface area contributed by atoms with E-state index in [1.807, 2.05) is 0 Å². The van der Waals surface area contributed by atoms with Crippen LogP contribution in [-0.4, -0.2) is 43.6 Å². The molecule has 1 saturated heterocycles. The SMILES string of the molecule is CCNC(=NCc1ccc(F)cc1)NCCCCN1CCC(C)CC1. The van der Waals surface area contributed by atoms with Crippen molar-refractivity contribution >= 4 is 5.96 Å². The number of nitrogens with one attached hydrogen (secondary N) is 2. The molecule has 1 aromatic carbocycles. The summed E-state index contributed by atoms with van der Waals surface area (Å²) in [6, 6.07) is 6.52. The predicted octanol–water partition coefficient (Wildman–Crippen LogP) is 3.39. The number of benzene rings is 1. The number of guanidine groups is 1. The summed E-state index contributed by atoms with van der Waals surface area (Å²) in [5.41, 5.74) is 1.01. The molecule has 2 rings (SSSR count). The molecule has 1 aliphatic rings. The van der Waals surface area contributed by atoms with Crippen molar-refractivity contribution in [2.24, 2.45) is 10.9 Å². The molecule has 0 saturated carbocycles. The average Bonchev–Trinajstić information content (AvgIpc) is 2.62. The lowest BCUT2D eigenvalue weighted by atomic mass is 9.99. The van der Waals surface area contributed by atoms with Crippen LogP contribution in [0.4, 0.5) is 4.39 Å². The molecule has 1 heterocycles. The van der Waals surface area contributed by atoms with Crippen LogP contribution in [0.2, 0.25) is 0 Å². The lowest BCUT2D eigenvalue weighted by molar-refractivity contribution is 0.189. The number of rotatable bonds is 8. The molecule has 1 fully saturated rings. The van der Waals surface area contributed by atoms with Crippen LogP contribution in [0.5, 0.6) is 0 Å². The number of unbranched alkanes of at least 4 members (excludes halogenated alkanes) is 1. The zero-order valence-electron chi connectivity index (χ0n) is 15.7. The highest BCUT2D eigenvalue weighted by Gasteiger charge is 2.14. The fourth-order valence-corrected chi connectivity index (χ4v) is 3.05. The molecule has 5 heteroatoms. The van der Waals surface area contributed by atoms with Crippen LogP contribution in [0.15, 0.2) is 29.3 Å². The van der Waals surface area contributed by atoms with E-state index in [0.717, 1.165) is 37.0 Å². The minimum Gasteiger partial charge on any atom is -0.357 e. The second kappa shape index (κ2) is 11.1. The maximum absolute atomic E-state index is 12.9. The van der Waals surface area contributed by atoms with Crippen molar-refractivity contribution < 1.29 is 4.39 Å². The van der Waals surface area contributed by atoms with Gasteiger partial charge in [-0.3, -0.25) is 0 Å². The van der Waals surface area contributed by atoms with E-state index < -0.39 is 0 Å². The summed E-state index contributed by atoms with van der Waals surface area (Å²) in [5, 5.41) is 6.66. The first-order chi connectivity index (χ1) is 12.2. The Morgan fingerprint density at radius 1 is 1.16 bits per heavy atom. The number of aliphatic imine (C=N–C) groups is 1. The number of hydrogen-bond donors (Lipinski definition) is 2. The van der Waals surface area contributed by atoms with Crippen molar-refractivity contribution in [3.63, 3.8) is 0 Å². The smallest absolute Gasteiger partial charge is 0.191 e. The lowest BCUT2D eigenvalue weighted by Gasteiger charge is -2.30. The molecular formula is C20H33FN4. The summed E-state index contributed by atoms with van der Waals surface area (Å²) in [4.78, 5) is 7.16. The standard InChI is InChI=1S/C20H33FN4/c1-3-22-20(24-16-18-6-8-19(21)9-7-18)23-12-4-5-13-25-14-10-17(2)11-15-25/h6-9,17H,3-5,10-16H2,1-2H3,(H2,22,23,24). The summed E-state index contributed by atoms with van der Waals surface area (Å²) >= 11 is 0. The van der Waals surface area contributed by atoms with E-state index in [0.29, 0.717) is 6.54 Å². The molecule has 0 aliphatic carbocycles. The summed E-state index contributed by atoms with van der Waals surface area (Å²) in [5.74, 6) is 1.53. The fraction of sp³-hybridized carbons (Fsp3) is 0.650. The van der Waals surface area contributed by atoms with Crippen molar-refractivity contribution in [2.75, 3.05) is 32.7 Å². The van der Waals surface area contributed by atoms with Crippen LogP contribution >= 0.6 is 0 Å². The molecule has 0 radical (unpaired) electrons. The lowest BCUT2D eigenvalue weighted by Crippen LogP contribution is -2.38. The summed E-state index contributed by atoms with van der Waals surface area (Å²) in [6.45, 7) is 10.5. The van der Waals surface area contributed by atoms with Crippen molar-refractivity contribution in [2.45, 2.75) is 46.1 Å². The highest BCUT2D eigenvalue weighted by atomic mass is 19.1. The van der Waals surface area contributed by atoms with Gasteiger partial charge >= 0.3 is 0 Å². The number of hydrogen-bond acceptors (Lipinski definition) is 2. The molecule has 2 N–H and O–H groups in total. The Bertz CT molecular complexity index is 507. The van der Waals surface area contributed by atoms with Crippen LogP contribution in [0.25, 0.3) is 0 Å². The van der Waals surface area contributed by atoms with Crippen molar-refractivity contribution in [1.29, 1.82) is 0 Å². The van der Waals surface area contributed by atoms with Gasteiger partial charge in [0.25, 0.3) is 0 Å². The van der Waals surface area contributed by atoms with E-state index in [9.17, 15) is 4.39 Å². The molecule has 0 aromatic heterocycles. The predicted molar refractivity (Wildman–Crippen MR) is 103 cm³/mol. The van der Waals surface area contributed by atoms with E-state index in [1.165, 1.54) is 51.0 Å². The van der Waals surface area contributed by atoms with E-state index in [4.69, 9.17) is 0 Å². The van der Waals surface area contributed by atoms with Crippen LogP contribution in [0.1, 0.15) is 45.1 Å². The first kappa shape index (κ1) is 19.7. The van der Waals surface area contributed by atoms with Crippen LogP contribution in [-0.2, 0) is 6.54 Å². The monoisotopic (exact) mass is 348 g/mol. The molecule has 0 atom stereocenters. The first-order valence-corrected chi connectivity index (χ1v) is 9.66. The summed E-state index contributed by atoms with van der Waals surface area (Å²) in [7, 11) is 0. The highest BCUT2D eigenvalue weighted by molar-refractivity contribution is 5.79. The van der Waals surface area contributed by atoms with Gasteiger partial charge in [0.1, 0.15) is 5.82 Å². The van der Waals surface area contributed by atoms with Gasteiger partial charge in [-0.05, 0) is 75.9 Å². The summed E-state index contributed by atoms with van der Waals surface area (Å²) < 4.78 is 12.9. The van der Waals surface area contributed by atoms with Gasteiger partial charge in [0.15, 0.2) is 5.96 Å². The largest absolute Gasteiger partial charge is 0.357 e. The third kappa shape index (κ3) is 7.86. The molecule has 4 nitrogen and oxygen atoms in total. The van der Waals surface area contributed by atoms with Crippen molar-refractivity contribution in [3.8, 4) is 0 Å². The van der Waals surface area contributed by atoms with Gasteiger partial charge in [0, 0.05) is 13.1 Å². The Hall–Kier alpha value is -1.62. The fourth-order valence-electron chi connectivity index (χ4n) is 3.05. The Balaban J connectivity index is 1.64. The van der Waals surface area contributed by atoms with E-state index in [1.54, 1.807) is 12.1 Å². The van der Waals surface area contributed by atoms with Crippen molar-refractivity contribution in [1.82, 2.24) is 15.5 Å². The molecular weight excluding hydrogens is 315 g/mol. The first-order valence-electron chi connectivity index (χ1n) is 9.66. The molecule has 140 valence electrons. The Labute approximate surface area is 151 Å². The summed E-state index contributed by atoms with van der Waals surface area (Å²) in [6.07, 6.45) is 5.06. The molecule has 0 amide bonds. The molecule has 1 aliphatic heterocycles. The number of piperidine rings is 1. The molecule has 25 heavy (non-hydrogen) atoms. The van der Waals surface area contributed by atoms with Crippen molar-refractivity contribution in [3.05, 3.63) is 35.6 Å². The minimum absolute atomic E-state index is 0.207. The van der Waals surface area contributed by atoms with Gasteiger partial charge < -0.3 is 15.5 Å². The zero-order chi connectivity index (χ0) is 17.9. The highest BCUT2D eigenvalue weighted by Crippen LogP contribution is 2.16. The van der Waals surface area contributed by atoms with Gasteiger partial charge in [-0.25, -0.2) is 9.38 Å². The van der Waals surface area contributed by atoms with Gasteiger partial charge in [0.05, 0.1) is 6.54 Å². The van der Waals surface area contributed by atoms with Gasteiger partial charge in [-0.1, -0.05) is 19.1 Å². The average molecular weight is 349 g/mol. The van der Waals surface area contributed by atoms with Gasteiger partial charge in [-0.2, -0.15) is 0 Å². The minimum atomic E-state index is -0.207. The van der Waals surface area contributed by atoms with E-state index in [-0.39, 0.29) is 5.82 Å². The van der Waals surface area contributed by atoms with Gasteiger partial charge in [-0.15, -0.1) is 0 Å². The second-order valence-electron chi connectivity index (χ2n) is 6.98. The third-order valence-electron chi connectivity index (χ3n) is 4.75. The molecule has 0 spiro atoms. The number of halogens is 1. The second-order valence-corrected chi connectivity index (χ2v) is 6.98. The maximum Gasteiger partial charge on any atom is 0.191 e.